The van der Waals surface area contributed by atoms with Crippen molar-refractivity contribution in [1.29, 1.82) is 0 Å². The van der Waals surface area contributed by atoms with Gasteiger partial charge in [-0.1, -0.05) is 44.0 Å². The number of ketones is 1. The number of hydrogen-bond acceptors (Lipinski definition) is 6. The molecule has 32 heavy (non-hydrogen) atoms. The Morgan fingerprint density at radius 2 is 2.03 bits per heavy atom. The van der Waals surface area contributed by atoms with Crippen LogP contribution in [0.25, 0.3) is 0 Å². The van der Waals surface area contributed by atoms with Crippen LogP contribution in [0, 0.1) is 28.1 Å². The molecule has 1 N–H and O–H groups in total. The number of carbonyl (C=O) groups is 2. The first-order valence-electron chi connectivity index (χ1n) is 11.7. The Balaban J connectivity index is 1.76. The van der Waals surface area contributed by atoms with Crippen molar-refractivity contribution in [3.8, 4) is 0 Å². The fraction of sp³-hybridized carbons (Fsp3) is 0.760. The van der Waals surface area contributed by atoms with E-state index in [0.717, 1.165) is 24.8 Å². The van der Waals surface area contributed by atoms with Crippen molar-refractivity contribution in [3.05, 3.63) is 23.8 Å². The molecule has 4 aliphatic rings. The second-order valence-electron chi connectivity index (χ2n) is 10.6. The highest BCUT2D eigenvalue weighted by Gasteiger charge is 2.73. The predicted molar refractivity (Wildman–Crippen MR) is 120 cm³/mol. The van der Waals surface area contributed by atoms with E-state index in [1.165, 1.54) is 0 Å². The number of fused-ring (bicyclic) bond motifs is 5. The molecule has 178 valence electrons. The molecule has 0 saturated heterocycles. The first-order valence-corrected chi connectivity index (χ1v) is 12.2. The number of ether oxygens (including phenoxy) is 3. The highest BCUT2D eigenvalue weighted by atomic mass is 35.5. The van der Waals surface area contributed by atoms with Gasteiger partial charge in [0, 0.05) is 23.4 Å². The lowest BCUT2D eigenvalue weighted by atomic mass is 9.40. The zero-order valence-electron chi connectivity index (χ0n) is 19.5. The van der Waals surface area contributed by atoms with Crippen LogP contribution in [-0.4, -0.2) is 48.0 Å². The van der Waals surface area contributed by atoms with Crippen molar-refractivity contribution in [2.45, 2.75) is 71.5 Å². The lowest BCUT2D eigenvalue weighted by Gasteiger charge is -2.64. The van der Waals surface area contributed by atoms with Crippen LogP contribution in [0.15, 0.2) is 23.8 Å². The molecule has 0 amide bonds. The van der Waals surface area contributed by atoms with Crippen LogP contribution in [0.4, 0.5) is 0 Å². The number of allylic oxidation sites excluding steroid dienone is 4. The van der Waals surface area contributed by atoms with Crippen molar-refractivity contribution in [2.24, 2.45) is 28.1 Å². The Hall–Kier alpha value is -1.21. The maximum absolute atomic E-state index is 13.3. The number of carbonyl (C=O) groups excluding carboxylic acids is 2. The minimum atomic E-state index is -1.22. The van der Waals surface area contributed by atoms with Gasteiger partial charge in [-0.3, -0.25) is 4.79 Å². The molecule has 0 bridgehead atoms. The van der Waals surface area contributed by atoms with Gasteiger partial charge in [0.25, 0.3) is 0 Å². The molecule has 0 aromatic carbocycles. The quantitative estimate of drug-likeness (QED) is 0.274. The molecular formula is C25H35ClO6. The maximum atomic E-state index is 13.3. The SMILES string of the molecule is CCOCOC1(C(=O)OCCl)CCC2C3(C)CCC4=CC(=O)C=CC4(C)C3C(O)CC21C. The monoisotopic (exact) mass is 466 g/mol. The van der Waals surface area contributed by atoms with Crippen molar-refractivity contribution < 1.29 is 28.9 Å². The van der Waals surface area contributed by atoms with Gasteiger partial charge in [-0.05, 0) is 62.5 Å². The molecule has 4 rings (SSSR count). The van der Waals surface area contributed by atoms with Crippen LogP contribution in [0.3, 0.4) is 0 Å². The molecule has 7 heteroatoms. The zero-order chi connectivity index (χ0) is 23.4. The average Bonchev–Trinajstić information content (AvgIpc) is 3.02. The van der Waals surface area contributed by atoms with Gasteiger partial charge in [0.2, 0.25) is 0 Å². The Morgan fingerprint density at radius 1 is 1.28 bits per heavy atom. The van der Waals surface area contributed by atoms with Crippen LogP contribution >= 0.6 is 11.6 Å². The number of aliphatic hydroxyl groups is 1. The topological polar surface area (TPSA) is 82.1 Å². The standard InChI is InChI=1S/C25H35ClO6/c1-5-30-15-32-25(21(29)31-14-26)11-8-19-23(3)9-6-16-12-17(27)7-10-22(16,2)20(23)18(28)13-24(19,25)4/h7,10,12,18-20,28H,5-6,8-9,11,13-15H2,1-4H3. The van der Waals surface area contributed by atoms with Gasteiger partial charge in [0.15, 0.2) is 17.5 Å². The minimum absolute atomic E-state index is 0.0120. The molecule has 3 saturated carbocycles. The summed E-state index contributed by atoms with van der Waals surface area (Å²) in [6.07, 6.45) is 8.07. The van der Waals surface area contributed by atoms with Crippen LogP contribution in [-0.2, 0) is 23.8 Å². The van der Waals surface area contributed by atoms with E-state index in [4.69, 9.17) is 25.8 Å². The first kappa shape index (κ1) is 23.9. The third-order valence-corrected chi connectivity index (χ3v) is 9.40. The molecule has 0 spiro atoms. The summed E-state index contributed by atoms with van der Waals surface area (Å²) < 4.78 is 17.0. The Bertz CT molecular complexity index is 853. The molecule has 0 heterocycles. The smallest absolute Gasteiger partial charge is 0.340 e. The molecule has 3 fully saturated rings. The number of hydrogen-bond donors (Lipinski definition) is 1. The fourth-order valence-electron chi connectivity index (χ4n) is 8.03. The normalized spacial score (nSPS) is 45.0. The molecule has 7 unspecified atom stereocenters. The lowest BCUT2D eigenvalue weighted by Crippen LogP contribution is -2.65. The van der Waals surface area contributed by atoms with E-state index in [1.54, 1.807) is 12.2 Å². The van der Waals surface area contributed by atoms with E-state index in [0.29, 0.717) is 19.4 Å². The van der Waals surface area contributed by atoms with Gasteiger partial charge < -0.3 is 19.3 Å². The van der Waals surface area contributed by atoms with E-state index in [9.17, 15) is 14.7 Å². The Kier molecular flexibility index (Phi) is 6.15. The number of halogens is 1. The molecular weight excluding hydrogens is 432 g/mol. The number of aliphatic hydroxyl groups excluding tert-OH is 1. The molecule has 7 atom stereocenters. The fourth-order valence-corrected chi connectivity index (χ4v) is 8.13. The van der Waals surface area contributed by atoms with Crippen LogP contribution < -0.4 is 0 Å². The van der Waals surface area contributed by atoms with E-state index in [2.05, 4.69) is 20.8 Å². The van der Waals surface area contributed by atoms with Gasteiger partial charge >= 0.3 is 5.97 Å². The van der Waals surface area contributed by atoms with Gasteiger partial charge in [-0.25, -0.2) is 4.79 Å². The lowest BCUT2D eigenvalue weighted by molar-refractivity contribution is -0.241. The van der Waals surface area contributed by atoms with Crippen molar-refractivity contribution >= 4 is 23.4 Å². The first-order chi connectivity index (χ1) is 15.1. The molecule has 6 nitrogen and oxygen atoms in total. The highest BCUT2D eigenvalue weighted by molar-refractivity contribution is 6.17. The second-order valence-corrected chi connectivity index (χ2v) is 10.8. The Morgan fingerprint density at radius 3 is 2.72 bits per heavy atom. The van der Waals surface area contributed by atoms with Crippen LogP contribution in [0.1, 0.15) is 59.8 Å². The summed E-state index contributed by atoms with van der Waals surface area (Å²) in [6, 6.07) is -0.243. The average molecular weight is 467 g/mol. The highest BCUT2D eigenvalue weighted by Crippen LogP contribution is 2.72. The number of esters is 1. The van der Waals surface area contributed by atoms with Crippen LogP contribution in [0.5, 0.6) is 0 Å². The van der Waals surface area contributed by atoms with Crippen molar-refractivity contribution in [2.75, 3.05) is 19.5 Å². The van der Waals surface area contributed by atoms with E-state index >= 15 is 0 Å². The number of rotatable bonds is 6. The summed E-state index contributed by atoms with van der Waals surface area (Å²) in [5.41, 5.74) is -1.36. The third-order valence-electron chi connectivity index (χ3n) is 9.29. The third kappa shape index (κ3) is 3.17. The largest absolute Gasteiger partial charge is 0.447 e. The van der Waals surface area contributed by atoms with Gasteiger partial charge in [-0.2, -0.15) is 0 Å². The summed E-state index contributed by atoms with van der Waals surface area (Å²) in [6.45, 7) is 8.79. The summed E-state index contributed by atoms with van der Waals surface area (Å²) in [7, 11) is 0. The minimum Gasteiger partial charge on any atom is -0.447 e. The maximum Gasteiger partial charge on any atom is 0.340 e. The van der Waals surface area contributed by atoms with Crippen molar-refractivity contribution in [3.63, 3.8) is 0 Å². The van der Waals surface area contributed by atoms with E-state index in [-0.39, 0.29) is 41.3 Å². The molecule has 4 aliphatic carbocycles. The molecule has 0 aromatic heterocycles. The van der Waals surface area contributed by atoms with Crippen molar-refractivity contribution in [1.82, 2.24) is 0 Å². The van der Waals surface area contributed by atoms with Crippen LogP contribution in [0.2, 0.25) is 0 Å². The molecule has 0 aliphatic heterocycles. The van der Waals surface area contributed by atoms with E-state index < -0.39 is 23.1 Å². The summed E-state index contributed by atoms with van der Waals surface area (Å²) >= 11 is 5.77. The van der Waals surface area contributed by atoms with Gasteiger partial charge in [0.1, 0.15) is 6.79 Å². The zero-order valence-corrected chi connectivity index (χ0v) is 20.2. The summed E-state index contributed by atoms with van der Waals surface area (Å²) in [5.74, 6) is -0.372. The second kappa shape index (κ2) is 8.23. The Labute approximate surface area is 195 Å². The number of alkyl halides is 1. The summed E-state index contributed by atoms with van der Waals surface area (Å²) in [5, 5.41) is 11.7. The van der Waals surface area contributed by atoms with E-state index in [1.807, 2.05) is 13.0 Å². The predicted octanol–water partition coefficient (Wildman–Crippen LogP) is 4.14. The van der Waals surface area contributed by atoms with Gasteiger partial charge in [0.05, 0.1) is 6.10 Å². The molecule has 0 aromatic rings. The summed E-state index contributed by atoms with van der Waals surface area (Å²) in [4.78, 5) is 25.3. The van der Waals surface area contributed by atoms with Gasteiger partial charge in [-0.15, -0.1) is 0 Å². The molecule has 0 radical (unpaired) electrons.